The number of halogens is 3. The van der Waals surface area contributed by atoms with Crippen LogP contribution in [0.5, 0.6) is 0 Å². The monoisotopic (exact) mass is 235 g/mol. The summed E-state index contributed by atoms with van der Waals surface area (Å²) in [6, 6.07) is 3.73. The predicted octanol–water partition coefficient (Wildman–Crippen LogP) is 2.16. The van der Waals surface area contributed by atoms with Crippen molar-refractivity contribution < 1.29 is 21.9 Å². The molecule has 3 nitrogen and oxygen atoms in total. The Morgan fingerprint density at radius 2 is 2.00 bits per heavy atom. The minimum absolute atomic E-state index is 0.388. The third-order valence-electron chi connectivity index (χ3n) is 1.62. The molecular weight excluding hydrogens is 231 g/mol. The molecule has 0 heterocycles. The normalized spacial score (nSPS) is 13.3. The Kier molecular flexibility index (Phi) is 3.12. The molecule has 0 amide bonds. The van der Waals surface area contributed by atoms with Gasteiger partial charge in [-0.3, -0.25) is 0 Å². The first-order valence-electron chi connectivity index (χ1n) is 3.58. The molecule has 0 spiro atoms. The summed E-state index contributed by atoms with van der Waals surface area (Å²) >= 11 is -2.49. The van der Waals surface area contributed by atoms with Crippen LogP contribution in [-0.4, -0.2) is 8.76 Å². The quantitative estimate of drug-likeness (QED) is 0.758. The third kappa shape index (κ3) is 2.55. The van der Waals surface area contributed by atoms with Crippen LogP contribution in [0.1, 0.15) is 11.1 Å². The van der Waals surface area contributed by atoms with Crippen LogP contribution in [-0.2, 0) is 17.3 Å². The van der Waals surface area contributed by atoms with Crippen LogP contribution in [0.25, 0.3) is 0 Å². The van der Waals surface area contributed by atoms with Crippen LogP contribution < -0.4 is 0 Å². The molecule has 15 heavy (non-hydrogen) atoms. The second-order valence-corrected chi connectivity index (χ2v) is 3.54. The SMILES string of the molecule is N#Cc1ccc(S(=O)O)cc1C(F)(F)F. The molecular formula is C8H4F3NO2S. The molecule has 80 valence electrons. The number of hydrogen-bond acceptors (Lipinski definition) is 2. The number of hydrogen-bond donors (Lipinski definition) is 1. The fraction of sp³-hybridized carbons (Fsp3) is 0.125. The molecule has 1 aromatic carbocycles. The second kappa shape index (κ2) is 4.00. The maximum Gasteiger partial charge on any atom is 0.417 e. The van der Waals surface area contributed by atoms with Crippen LogP contribution in [0.15, 0.2) is 23.1 Å². The van der Waals surface area contributed by atoms with Crippen molar-refractivity contribution in [2.75, 3.05) is 0 Å². The molecule has 7 heteroatoms. The first-order valence-corrected chi connectivity index (χ1v) is 4.69. The van der Waals surface area contributed by atoms with Gasteiger partial charge in [0.25, 0.3) is 0 Å². The van der Waals surface area contributed by atoms with Crippen LogP contribution >= 0.6 is 0 Å². The molecule has 0 fully saturated rings. The first kappa shape index (κ1) is 11.7. The molecule has 1 rings (SSSR count). The van der Waals surface area contributed by atoms with Gasteiger partial charge < -0.3 is 4.55 Å². The lowest BCUT2D eigenvalue weighted by atomic mass is 10.1. The lowest BCUT2D eigenvalue weighted by Gasteiger charge is -2.08. The van der Waals surface area contributed by atoms with E-state index in [0.717, 1.165) is 12.1 Å². The second-order valence-electron chi connectivity index (χ2n) is 2.57. The zero-order chi connectivity index (χ0) is 11.6. The van der Waals surface area contributed by atoms with Crippen molar-refractivity contribution in [3.63, 3.8) is 0 Å². The number of rotatable bonds is 1. The third-order valence-corrected chi connectivity index (χ3v) is 2.28. The van der Waals surface area contributed by atoms with Crippen LogP contribution in [0, 0.1) is 11.3 Å². The summed E-state index contributed by atoms with van der Waals surface area (Å²) in [6.07, 6.45) is -4.71. The van der Waals surface area contributed by atoms with Crippen molar-refractivity contribution in [2.24, 2.45) is 0 Å². The van der Waals surface area contributed by atoms with Crippen molar-refractivity contribution in [2.45, 2.75) is 11.1 Å². The Bertz CT molecular complexity index is 450. The molecule has 1 N–H and O–H groups in total. The molecule has 1 aromatic rings. The fourth-order valence-corrected chi connectivity index (χ4v) is 1.37. The summed E-state index contributed by atoms with van der Waals surface area (Å²) in [5.74, 6) is 0. The van der Waals surface area contributed by atoms with E-state index >= 15 is 0 Å². The molecule has 0 bridgehead atoms. The van der Waals surface area contributed by atoms with Crippen molar-refractivity contribution >= 4 is 11.1 Å². The Hall–Kier alpha value is -1.39. The first-order chi connectivity index (χ1) is 6.86. The minimum atomic E-state index is -4.71. The summed E-state index contributed by atoms with van der Waals surface area (Å²) in [5.41, 5.74) is -1.78. The standard InChI is InChI=1S/C8H4F3NO2S/c9-8(10,11)7-3-6(15(13)14)2-1-5(7)4-12/h1-3H,(H,13,14). The minimum Gasteiger partial charge on any atom is -0.302 e. The van der Waals surface area contributed by atoms with Crippen molar-refractivity contribution in [3.05, 3.63) is 29.3 Å². The highest BCUT2D eigenvalue weighted by molar-refractivity contribution is 7.79. The molecule has 1 unspecified atom stereocenters. The number of alkyl halides is 3. The van der Waals surface area contributed by atoms with Crippen molar-refractivity contribution in [1.29, 1.82) is 5.26 Å². The summed E-state index contributed by atoms with van der Waals surface area (Å²) in [4.78, 5) is -0.388. The van der Waals surface area contributed by atoms with E-state index in [1.165, 1.54) is 6.07 Å². The van der Waals surface area contributed by atoms with Crippen molar-refractivity contribution in [1.82, 2.24) is 0 Å². The van der Waals surface area contributed by atoms with Gasteiger partial charge in [-0.15, -0.1) is 0 Å². The molecule has 0 aliphatic heterocycles. The lowest BCUT2D eigenvalue weighted by Crippen LogP contribution is -2.08. The zero-order valence-corrected chi connectivity index (χ0v) is 7.89. The Morgan fingerprint density at radius 1 is 1.40 bits per heavy atom. The van der Waals surface area contributed by atoms with E-state index in [-0.39, 0.29) is 4.90 Å². The van der Waals surface area contributed by atoms with Gasteiger partial charge in [-0.25, -0.2) is 4.21 Å². The van der Waals surface area contributed by atoms with Gasteiger partial charge in [0.2, 0.25) is 0 Å². The fourth-order valence-electron chi connectivity index (χ4n) is 0.964. The van der Waals surface area contributed by atoms with Gasteiger partial charge in [0.1, 0.15) is 0 Å². The molecule has 0 aromatic heterocycles. The summed E-state index contributed by atoms with van der Waals surface area (Å²) in [5, 5.41) is 8.42. The topological polar surface area (TPSA) is 61.1 Å². The van der Waals surface area contributed by atoms with Crippen LogP contribution in [0.3, 0.4) is 0 Å². The summed E-state index contributed by atoms with van der Waals surface area (Å²) in [7, 11) is 0. The van der Waals surface area contributed by atoms with Gasteiger partial charge in [-0.05, 0) is 18.2 Å². The van der Waals surface area contributed by atoms with E-state index in [0.29, 0.717) is 6.07 Å². The van der Waals surface area contributed by atoms with Crippen LogP contribution in [0.4, 0.5) is 13.2 Å². The Balaban J connectivity index is 3.40. The summed E-state index contributed by atoms with van der Waals surface area (Å²) in [6.45, 7) is 0. The maximum absolute atomic E-state index is 12.3. The lowest BCUT2D eigenvalue weighted by molar-refractivity contribution is -0.137. The van der Waals surface area contributed by atoms with Gasteiger partial charge in [0.05, 0.1) is 22.1 Å². The van der Waals surface area contributed by atoms with E-state index in [4.69, 9.17) is 9.81 Å². The van der Waals surface area contributed by atoms with E-state index in [2.05, 4.69) is 0 Å². The Labute approximate surface area is 85.4 Å². The highest BCUT2D eigenvalue weighted by Crippen LogP contribution is 2.32. The molecule has 1 atom stereocenters. The Morgan fingerprint density at radius 3 is 2.40 bits per heavy atom. The largest absolute Gasteiger partial charge is 0.417 e. The summed E-state index contributed by atoms with van der Waals surface area (Å²) < 4.78 is 56.2. The smallest absolute Gasteiger partial charge is 0.302 e. The highest BCUT2D eigenvalue weighted by Gasteiger charge is 2.34. The highest BCUT2D eigenvalue weighted by atomic mass is 32.2. The van der Waals surface area contributed by atoms with E-state index in [9.17, 15) is 17.4 Å². The maximum atomic E-state index is 12.3. The number of benzene rings is 1. The van der Waals surface area contributed by atoms with Gasteiger partial charge in [-0.2, -0.15) is 18.4 Å². The van der Waals surface area contributed by atoms with Crippen molar-refractivity contribution in [3.8, 4) is 6.07 Å². The number of nitriles is 1. The molecule has 0 saturated carbocycles. The van der Waals surface area contributed by atoms with E-state index < -0.39 is 28.4 Å². The van der Waals surface area contributed by atoms with Gasteiger partial charge >= 0.3 is 6.18 Å². The average molecular weight is 235 g/mol. The van der Waals surface area contributed by atoms with Gasteiger partial charge in [0, 0.05) is 0 Å². The van der Waals surface area contributed by atoms with E-state index in [1.54, 1.807) is 0 Å². The molecule has 0 radical (unpaired) electrons. The van der Waals surface area contributed by atoms with Gasteiger partial charge in [0.15, 0.2) is 11.1 Å². The van der Waals surface area contributed by atoms with E-state index in [1.807, 2.05) is 0 Å². The zero-order valence-electron chi connectivity index (χ0n) is 7.08. The van der Waals surface area contributed by atoms with Crippen LogP contribution in [0.2, 0.25) is 0 Å². The molecule has 0 aliphatic carbocycles. The molecule has 0 saturated heterocycles. The average Bonchev–Trinajstić information content (AvgIpc) is 2.15. The van der Waals surface area contributed by atoms with Gasteiger partial charge in [-0.1, -0.05) is 0 Å². The number of nitrogens with zero attached hydrogens (tertiary/aromatic N) is 1. The predicted molar refractivity (Wildman–Crippen MR) is 45.2 cm³/mol. The molecule has 0 aliphatic rings.